The number of hydrogen-bond donors (Lipinski definition) is 3. The number of rotatable bonds is 3. The van der Waals surface area contributed by atoms with E-state index in [9.17, 15) is 0 Å². The Morgan fingerprint density at radius 1 is 0.962 bits per heavy atom. The smallest absolute Gasteiger partial charge is 0.203 e. The molecule has 0 bridgehead atoms. The first-order valence-corrected chi connectivity index (χ1v) is 9.33. The van der Waals surface area contributed by atoms with Gasteiger partial charge in [-0.25, -0.2) is 0 Å². The molecule has 1 saturated heterocycles. The fourth-order valence-electron chi connectivity index (χ4n) is 4.31. The third kappa shape index (κ3) is 2.39. The Morgan fingerprint density at radius 3 is 2.62 bits per heavy atom. The minimum atomic E-state index is 0.401. The summed E-state index contributed by atoms with van der Waals surface area (Å²) in [4.78, 5) is 3.29. The Morgan fingerprint density at radius 2 is 1.77 bits per heavy atom. The minimum absolute atomic E-state index is 0.401. The molecular formula is C21H23N5. The summed E-state index contributed by atoms with van der Waals surface area (Å²) in [6, 6.07) is 17.3. The van der Waals surface area contributed by atoms with Gasteiger partial charge >= 0.3 is 0 Å². The van der Waals surface area contributed by atoms with Crippen LogP contribution in [0, 0.1) is 5.41 Å². The van der Waals surface area contributed by atoms with Crippen molar-refractivity contribution in [2.24, 2.45) is 0 Å². The van der Waals surface area contributed by atoms with Gasteiger partial charge in [0.2, 0.25) is 5.62 Å². The van der Waals surface area contributed by atoms with Gasteiger partial charge < -0.3 is 19.4 Å². The van der Waals surface area contributed by atoms with Crippen molar-refractivity contribution in [3.05, 3.63) is 65.9 Å². The second-order valence-corrected chi connectivity index (χ2v) is 7.11. The van der Waals surface area contributed by atoms with Gasteiger partial charge in [-0.1, -0.05) is 24.3 Å². The van der Waals surface area contributed by atoms with Crippen molar-refractivity contribution < 1.29 is 0 Å². The summed E-state index contributed by atoms with van der Waals surface area (Å²) in [5.74, 6) is 0. The molecular weight excluding hydrogens is 322 g/mol. The van der Waals surface area contributed by atoms with E-state index in [1.54, 1.807) is 0 Å². The molecule has 1 fully saturated rings. The number of nitrogens with zero attached hydrogens (tertiary/aromatic N) is 2. The van der Waals surface area contributed by atoms with Crippen LogP contribution in [-0.2, 0) is 6.54 Å². The van der Waals surface area contributed by atoms with Crippen LogP contribution in [0.15, 0.2) is 54.7 Å². The van der Waals surface area contributed by atoms with Gasteiger partial charge in [0.1, 0.15) is 0 Å². The largest absolute Gasteiger partial charge is 0.361 e. The highest BCUT2D eigenvalue weighted by Gasteiger charge is 2.20. The molecule has 1 aliphatic rings. The zero-order valence-corrected chi connectivity index (χ0v) is 14.7. The fraction of sp³-hybridized carbons (Fsp3) is 0.286. The molecule has 2 aromatic carbocycles. The van der Waals surface area contributed by atoms with E-state index in [2.05, 4.69) is 68.0 Å². The van der Waals surface area contributed by atoms with E-state index in [1.807, 2.05) is 6.20 Å². The van der Waals surface area contributed by atoms with Gasteiger partial charge in [-0.2, -0.15) is 0 Å². The number of nitrogens with one attached hydrogen (secondary N) is 3. The summed E-state index contributed by atoms with van der Waals surface area (Å²) in [6.07, 6.45) is 4.15. The van der Waals surface area contributed by atoms with Crippen molar-refractivity contribution in [2.45, 2.75) is 25.4 Å². The first-order valence-electron chi connectivity index (χ1n) is 9.33. The second-order valence-electron chi connectivity index (χ2n) is 7.11. The van der Waals surface area contributed by atoms with E-state index in [0.29, 0.717) is 18.2 Å². The van der Waals surface area contributed by atoms with Crippen molar-refractivity contribution in [1.82, 2.24) is 19.4 Å². The zero-order valence-electron chi connectivity index (χ0n) is 14.7. The van der Waals surface area contributed by atoms with Crippen molar-refractivity contribution in [1.29, 1.82) is 5.41 Å². The average Bonchev–Trinajstić information content (AvgIpc) is 3.26. The van der Waals surface area contributed by atoms with Crippen LogP contribution in [-0.4, -0.2) is 27.2 Å². The molecule has 5 rings (SSSR count). The molecule has 0 aliphatic carbocycles. The van der Waals surface area contributed by atoms with Gasteiger partial charge in [-0.3, -0.25) is 5.41 Å². The molecule has 26 heavy (non-hydrogen) atoms. The first kappa shape index (κ1) is 15.5. The van der Waals surface area contributed by atoms with Gasteiger partial charge in [0.25, 0.3) is 0 Å². The van der Waals surface area contributed by atoms with E-state index in [0.717, 1.165) is 37.0 Å². The molecule has 5 nitrogen and oxygen atoms in total. The first-order chi connectivity index (χ1) is 12.8. The molecule has 4 aromatic rings. The van der Waals surface area contributed by atoms with Crippen LogP contribution in [0.2, 0.25) is 0 Å². The maximum Gasteiger partial charge on any atom is 0.203 e. The number of para-hydroxylation sites is 2. The maximum absolute atomic E-state index is 8.93. The lowest BCUT2D eigenvalue weighted by Crippen LogP contribution is -2.35. The number of imidazole rings is 1. The summed E-state index contributed by atoms with van der Waals surface area (Å²) < 4.78 is 4.40. The van der Waals surface area contributed by atoms with Gasteiger partial charge in [-0.15, -0.1) is 0 Å². The summed E-state index contributed by atoms with van der Waals surface area (Å²) >= 11 is 0. The predicted octanol–water partition coefficient (Wildman–Crippen LogP) is 3.38. The van der Waals surface area contributed by atoms with Crippen molar-refractivity contribution in [3.63, 3.8) is 0 Å². The van der Waals surface area contributed by atoms with Crippen LogP contribution < -0.4 is 10.9 Å². The minimum Gasteiger partial charge on any atom is -0.361 e. The molecule has 5 heteroatoms. The highest BCUT2D eigenvalue weighted by Crippen LogP contribution is 2.25. The lowest BCUT2D eigenvalue weighted by Gasteiger charge is -2.24. The van der Waals surface area contributed by atoms with Gasteiger partial charge in [0.15, 0.2) is 0 Å². The zero-order chi connectivity index (χ0) is 17.5. The molecule has 2 aromatic heterocycles. The van der Waals surface area contributed by atoms with Crippen molar-refractivity contribution >= 4 is 21.9 Å². The second kappa shape index (κ2) is 6.18. The predicted molar refractivity (Wildman–Crippen MR) is 104 cm³/mol. The molecule has 0 atom stereocenters. The Labute approximate surface area is 151 Å². The molecule has 3 heterocycles. The molecule has 3 N–H and O–H groups in total. The van der Waals surface area contributed by atoms with E-state index < -0.39 is 0 Å². The maximum atomic E-state index is 8.93. The monoisotopic (exact) mass is 345 g/mol. The summed E-state index contributed by atoms with van der Waals surface area (Å²) in [7, 11) is 0. The van der Waals surface area contributed by atoms with Crippen LogP contribution >= 0.6 is 0 Å². The van der Waals surface area contributed by atoms with E-state index in [-0.39, 0.29) is 0 Å². The number of aromatic nitrogens is 3. The molecule has 0 saturated carbocycles. The van der Waals surface area contributed by atoms with Crippen molar-refractivity contribution in [2.75, 3.05) is 13.1 Å². The normalized spacial score (nSPS) is 15.8. The third-order valence-electron chi connectivity index (χ3n) is 5.60. The fourth-order valence-corrected chi connectivity index (χ4v) is 4.31. The number of benzene rings is 2. The number of piperidine rings is 1. The molecule has 0 unspecified atom stereocenters. The molecule has 1 aliphatic heterocycles. The van der Waals surface area contributed by atoms with E-state index in [4.69, 9.17) is 5.41 Å². The van der Waals surface area contributed by atoms with E-state index >= 15 is 0 Å². The van der Waals surface area contributed by atoms with Crippen LogP contribution in [0.3, 0.4) is 0 Å². The molecule has 0 spiro atoms. The summed E-state index contributed by atoms with van der Waals surface area (Å²) in [6.45, 7) is 2.77. The van der Waals surface area contributed by atoms with Gasteiger partial charge in [0, 0.05) is 23.1 Å². The van der Waals surface area contributed by atoms with Gasteiger partial charge in [0.05, 0.1) is 17.6 Å². The Hall–Kier alpha value is -2.79. The standard InChI is InChI=1S/C21H23N5/c22-21-25(14-15-4-3-5-18-17(15)10-13-24-18)19-6-1-2-7-20(19)26(21)16-8-11-23-12-9-16/h1-7,10,13,16,22-24H,8-9,11-12,14H2. The van der Waals surface area contributed by atoms with Crippen molar-refractivity contribution in [3.8, 4) is 0 Å². The number of fused-ring (bicyclic) bond motifs is 2. The summed E-state index contributed by atoms with van der Waals surface area (Å²) in [5, 5.41) is 13.6. The quantitative estimate of drug-likeness (QED) is 0.524. The summed E-state index contributed by atoms with van der Waals surface area (Å²) in [5.41, 5.74) is 5.31. The van der Waals surface area contributed by atoms with Crippen LogP contribution in [0.1, 0.15) is 24.4 Å². The molecule has 0 amide bonds. The van der Waals surface area contributed by atoms with Gasteiger partial charge in [-0.05, 0) is 55.8 Å². The van der Waals surface area contributed by atoms with E-state index in [1.165, 1.54) is 16.5 Å². The highest BCUT2D eigenvalue weighted by molar-refractivity contribution is 5.83. The molecule has 0 radical (unpaired) electrons. The average molecular weight is 345 g/mol. The Balaban J connectivity index is 1.67. The molecule has 132 valence electrons. The number of H-pyrrole nitrogens is 1. The lowest BCUT2D eigenvalue weighted by atomic mass is 10.1. The van der Waals surface area contributed by atoms with Crippen LogP contribution in [0.25, 0.3) is 21.9 Å². The lowest BCUT2D eigenvalue weighted by molar-refractivity contribution is 0.361. The SMILES string of the molecule is N=c1n(Cc2cccc3[nH]ccc23)c2ccccc2n1C1CCNCC1. The van der Waals surface area contributed by atoms with Crippen LogP contribution in [0.5, 0.6) is 0 Å². The highest BCUT2D eigenvalue weighted by atomic mass is 15.2. The Bertz CT molecular complexity index is 1120. The number of hydrogen-bond acceptors (Lipinski definition) is 2. The topological polar surface area (TPSA) is 61.5 Å². The Kier molecular flexibility index (Phi) is 3.68. The third-order valence-corrected chi connectivity index (χ3v) is 5.60. The number of aromatic amines is 1. The van der Waals surface area contributed by atoms with Crippen LogP contribution in [0.4, 0.5) is 0 Å².